The molecule has 0 unspecified atom stereocenters. The Morgan fingerprint density at radius 2 is 1.97 bits per heavy atom. The summed E-state index contributed by atoms with van der Waals surface area (Å²) in [7, 11) is 1.28. The Morgan fingerprint density at radius 1 is 1.21 bits per heavy atom. The lowest BCUT2D eigenvalue weighted by molar-refractivity contribution is -0.384. The highest BCUT2D eigenvalue weighted by molar-refractivity contribution is 7.20. The third kappa shape index (κ3) is 5.14. The summed E-state index contributed by atoms with van der Waals surface area (Å²) in [4.78, 5) is 34.0. The van der Waals surface area contributed by atoms with Gasteiger partial charge in [-0.25, -0.2) is 10.2 Å². The number of thiophene rings is 1. The first-order valence-corrected chi connectivity index (χ1v) is 9.09. The Bertz CT molecular complexity index is 1090. The van der Waals surface area contributed by atoms with Gasteiger partial charge in [0.25, 0.3) is 11.6 Å². The van der Waals surface area contributed by atoms with Gasteiger partial charge < -0.3 is 9.47 Å². The number of fused-ring (bicyclic) bond motifs is 1. The van der Waals surface area contributed by atoms with E-state index in [1.54, 1.807) is 36.4 Å². The zero-order valence-corrected chi connectivity index (χ0v) is 16.0. The van der Waals surface area contributed by atoms with Gasteiger partial charge in [0.05, 0.1) is 23.1 Å². The number of carbonyl (C=O) groups excluding carboxylic acids is 2. The second-order valence-electron chi connectivity index (χ2n) is 5.72. The van der Waals surface area contributed by atoms with Gasteiger partial charge >= 0.3 is 5.97 Å². The number of nitro groups is 1. The average molecular weight is 413 g/mol. The van der Waals surface area contributed by atoms with Gasteiger partial charge in [0.1, 0.15) is 5.75 Å². The minimum absolute atomic E-state index is 0.0284. The molecule has 0 atom stereocenters. The summed E-state index contributed by atoms with van der Waals surface area (Å²) in [6.07, 6.45) is 1.46. The van der Waals surface area contributed by atoms with Crippen molar-refractivity contribution in [1.29, 1.82) is 0 Å². The number of nitrogens with one attached hydrogen (secondary N) is 1. The van der Waals surface area contributed by atoms with Gasteiger partial charge in [-0.3, -0.25) is 14.9 Å². The number of rotatable bonds is 7. The van der Waals surface area contributed by atoms with Crippen molar-refractivity contribution in [2.75, 3.05) is 13.7 Å². The first-order valence-electron chi connectivity index (χ1n) is 8.27. The second kappa shape index (κ2) is 8.93. The largest absolute Gasteiger partial charge is 0.482 e. The SMILES string of the molecule is COC(=O)COc1ccc(/C=N\NC(=O)c2cc3cc([N+](=O)[O-])ccc3s2)cc1. The smallest absolute Gasteiger partial charge is 0.343 e. The monoisotopic (exact) mass is 413 g/mol. The van der Waals surface area contributed by atoms with Gasteiger partial charge in [-0.15, -0.1) is 11.3 Å². The molecular weight excluding hydrogens is 398 g/mol. The van der Waals surface area contributed by atoms with Crippen LogP contribution >= 0.6 is 11.3 Å². The quantitative estimate of drug-likeness (QED) is 0.275. The number of amides is 1. The van der Waals surface area contributed by atoms with Crippen LogP contribution in [0.3, 0.4) is 0 Å². The van der Waals surface area contributed by atoms with Crippen LogP contribution in [0.15, 0.2) is 53.6 Å². The number of nitrogens with zero attached hydrogens (tertiary/aromatic N) is 2. The summed E-state index contributed by atoms with van der Waals surface area (Å²) in [5, 5.41) is 15.4. The van der Waals surface area contributed by atoms with Crippen LogP contribution in [0.5, 0.6) is 5.75 Å². The molecule has 0 bridgehead atoms. The molecule has 0 spiro atoms. The standard InChI is InChI=1S/C19H15N3O6S/c1-27-18(23)11-28-15-5-2-12(3-6-15)10-20-21-19(24)17-9-13-8-14(22(25)26)4-7-16(13)29-17/h2-10H,11H2,1H3,(H,21,24)/b20-10-. The van der Waals surface area contributed by atoms with Crippen molar-refractivity contribution < 1.29 is 24.0 Å². The molecule has 148 valence electrons. The Kier molecular flexibility index (Phi) is 6.15. The number of hydrazone groups is 1. The number of non-ortho nitro benzene ring substituents is 1. The van der Waals surface area contributed by atoms with E-state index in [-0.39, 0.29) is 12.3 Å². The molecule has 0 saturated carbocycles. The normalized spacial score (nSPS) is 10.8. The van der Waals surface area contributed by atoms with Gasteiger partial charge in [0, 0.05) is 22.2 Å². The van der Waals surface area contributed by atoms with Gasteiger partial charge in [0.15, 0.2) is 6.61 Å². The highest BCUT2D eigenvalue weighted by Crippen LogP contribution is 2.28. The molecule has 0 fully saturated rings. The van der Waals surface area contributed by atoms with Gasteiger partial charge in [-0.05, 0) is 42.0 Å². The van der Waals surface area contributed by atoms with Crippen LogP contribution in [-0.4, -0.2) is 36.7 Å². The van der Waals surface area contributed by atoms with E-state index in [1.807, 2.05) is 0 Å². The van der Waals surface area contributed by atoms with Crippen molar-refractivity contribution in [1.82, 2.24) is 5.43 Å². The van der Waals surface area contributed by atoms with Crippen LogP contribution < -0.4 is 10.2 Å². The number of methoxy groups -OCH3 is 1. The minimum atomic E-state index is -0.479. The maximum atomic E-state index is 12.2. The van der Waals surface area contributed by atoms with Gasteiger partial charge in [-0.1, -0.05) is 0 Å². The number of hydrogen-bond acceptors (Lipinski definition) is 8. The van der Waals surface area contributed by atoms with E-state index >= 15 is 0 Å². The maximum Gasteiger partial charge on any atom is 0.343 e. The summed E-state index contributed by atoms with van der Waals surface area (Å²) < 4.78 is 10.5. The van der Waals surface area contributed by atoms with Crippen molar-refractivity contribution in [3.8, 4) is 5.75 Å². The van der Waals surface area contributed by atoms with Gasteiger partial charge in [0.2, 0.25) is 0 Å². The molecule has 10 heteroatoms. The molecule has 0 aliphatic carbocycles. The summed E-state index contributed by atoms with van der Waals surface area (Å²) in [6, 6.07) is 12.8. The average Bonchev–Trinajstić information content (AvgIpc) is 3.16. The molecule has 1 N–H and O–H groups in total. The van der Waals surface area contributed by atoms with Crippen LogP contribution in [0.25, 0.3) is 10.1 Å². The summed E-state index contributed by atoms with van der Waals surface area (Å²) >= 11 is 1.22. The van der Waals surface area contributed by atoms with Crippen LogP contribution in [-0.2, 0) is 9.53 Å². The molecule has 2 aromatic carbocycles. The van der Waals surface area contributed by atoms with Crippen molar-refractivity contribution in [3.05, 3.63) is 69.1 Å². The third-order valence-corrected chi connectivity index (χ3v) is 4.89. The minimum Gasteiger partial charge on any atom is -0.482 e. The first-order chi connectivity index (χ1) is 14.0. The molecular formula is C19H15N3O6S. The van der Waals surface area contributed by atoms with E-state index in [2.05, 4.69) is 15.3 Å². The lowest BCUT2D eigenvalue weighted by atomic mass is 10.2. The highest BCUT2D eigenvalue weighted by atomic mass is 32.1. The van der Waals surface area contributed by atoms with E-state index in [9.17, 15) is 19.7 Å². The zero-order valence-electron chi connectivity index (χ0n) is 15.2. The first kappa shape index (κ1) is 20.0. The molecule has 0 radical (unpaired) electrons. The third-order valence-electron chi connectivity index (χ3n) is 3.78. The van der Waals surface area contributed by atoms with E-state index in [1.165, 1.54) is 36.8 Å². The van der Waals surface area contributed by atoms with E-state index in [0.717, 1.165) is 4.70 Å². The summed E-state index contributed by atoms with van der Waals surface area (Å²) in [5.41, 5.74) is 3.11. The van der Waals surface area contributed by atoms with Crippen molar-refractivity contribution in [2.24, 2.45) is 5.10 Å². The molecule has 1 heterocycles. The van der Waals surface area contributed by atoms with Crippen molar-refractivity contribution >= 4 is 45.2 Å². The van der Waals surface area contributed by atoms with Crippen LogP contribution in [0.4, 0.5) is 5.69 Å². The lowest BCUT2D eigenvalue weighted by Crippen LogP contribution is -2.16. The van der Waals surface area contributed by atoms with Crippen LogP contribution in [0.2, 0.25) is 0 Å². The van der Waals surface area contributed by atoms with E-state index in [4.69, 9.17) is 4.74 Å². The molecule has 9 nitrogen and oxygen atoms in total. The second-order valence-corrected chi connectivity index (χ2v) is 6.81. The number of hydrogen-bond donors (Lipinski definition) is 1. The molecule has 3 rings (SSSR count). The number of esters is 1. The summed E-state index contributed by atoms with van der Waals surface area (Å²) in [5.74, 6) is -0.395. The predicted molar refractivity (Wildman–Crippen MR) is 107 cm³/mol. The van der Waals surface area contributed by atoms with Crippen molar-refractivity contribution in [3.63, 3.8) is 0 Å². The van der Waals surface area contributed by atoms with Crippen LogP contribution in [0, 0.1) is 10.1 Å². The number of nitro benzene ring substituents is 1. The number of ether oxygens (including phenoxy) is 2. The van der Waals surface area contributed by atoms with E-state index < -0.39 is 16.8 Å². The highest BCUT2D eigenvalue weighted by Gasteiger charge is 2.12. The Labute approximate surface area is 168 Å². The molecule has 1 amide bonds. The van der Waals surface area contributed by atoms with E-state index in [0.29, 0.717) is 21.6 Å². The lowest BCUT2D eigenvalue weighted by Gasteiger charge is -2.04. The fraction of sp³-hybridized carbons (Fsp3) is 0.105. The summed E-state index contributed by atoms with van der Waals surface area (Å²) in [6.45, 7) is -0.182. The Hall–Kier alpha value is -3.79. The number of benzene rings is 2. The van der Waals surface area contributed by atoms with Crippen molar-refractivity contribution in [2.45, 2.75) is 0 Å². The maximum absolute atomic E-state index is 12.2. The molecule has 1 aromatic heterocycles. The van der Waals surface area contributed by atoms with Crippen LogP contribution in [0.1, 0.15) is 15.2 Å². The molecule has 0 aliphatic rings. The number of carbonyl (C=O) groups is 2. The topological polar surface area (TPSA) is 120 Å². The Balaban J connectivity index is 1.60. The molecule has 3 aromatic rings. The predicted octanol–water partition coefficient (Wildman–Crippen LogP) is 3.13. The van der Waals surface area contributed by atoms with Gasteiger partial charge in [-0.2, -0.15) is 5.10 Å². The molecule has 0 saturated heterocycles. The zero-order chi connectivity index (χ0) is 20.8. The molecule has 0 aliphatic heterocycles. The molecule has 29 heavy (non-hydrogen) atoms. The fourth-order valence-electron chi connectivity index (χ4n) is 2.33. The Morgan fingerprint density at radius 3 is 2.66 bits per heavy atom. The fourth-order valence-corrected chi connectivity index (χ4v) is 3.26.